The molecule has 0 fully saturated rings. The highest BCUT2D eigenvalue weighted by Crippen LogP contribution is 2.18. The Labute approximate surface area is 128 Å². The predicted molar refractivity (Wildman–Crippen MR) is 86.5 cm³/mol. The molecule has 111 valence electrons. The number of hydrogen-bond donors (Lipinski definition) is 0. The molecule has 0 saturated heterocycles. The Balaban J connectivity index is 0.000000270. The maximum Gasteiger partial charge on any atom is 0.576 e. The van der Waals surface area contributed by atoms with E-state index in [0.29, 0.717) is 0 Å². The van der Waals surface area contributed by atoms with E-state index in [2.05, 4.69) is 0 Å². The molecule has 0 atom stereocenters. The van der Waals surface area contributed by atoms with Gasteiger partial charge in [0, 0.05) is 21.3 Å². The van der Waals surface area contributed by atoms with Gasteiger partial charge in [-0.3, -0.25) is 0 Å². The van der Waals surface area contributed by atoms with Gasteiger partial charge in [0.25, 0.3) is 0 Å². The summed E-state index contributed by atoms with van der Waals surface area (Å²) in [5.74, 6) is 0. The highest BCUT2D eigenvalue weighted by Gasteiger charge is 2.21. The van der Waals surface area contributed by atoms with Crippen LogP contribution in [-0.2, 0) is 17.8 Å². The van der Waals surface area contributed by atoms with Crippen LogP contribution in [0.25, 0.3) is 0 Å². The molecule has 0 aromatic heterocycles. The van der Waals surface area contributed by atoms with Crippen molar-refractivity contribution in [1.82, 2.24) is 0 Å². The van der Waals surface area contributed by atoms with Crippen LogP contribution < -0.4 is 10.6 Å². The highest BCUT2D eigenvalue weighted by atomic mass is 31.1. The third kappa shape index (κ3) is 6.29. The molecule has 0 heterocycles. The van der Waals surface area contributed by atoms with Gasteiger partial charge in [0.2, 0.25) is 0 Å². The minimum absolute atomic E-state index is 0.883. The van der Waals surface area contributed by atoms with E-state index in [-0.39, 0.29) is 0 Å². The topological polar surface area (TPSA) is 44.8 Å². The van der Waals surface area contributed by atoms with Crippen molar-refractivity contribution in [3.63, 3.8) is 0 Å². The zero-order valence-electron chi connectivity index (χ0n) is 12.4. The maximum atomic E-state index is 12.0. The normalized spacial score (nSPS) is 9.90. The molecule has 0 aliphatic rings. The minimum atomic E-state index is -1.42. The summed E-state index contributed by atoms with van der Waals surface area (Å²) in [4.78, 5) is 0. The molecular weight excluding hydrogens is 303 g/mol. The van der Waals surface area contributed by atoms with E-state index >= 15 is 0 Å². The first-order chi connectivity index (χ1) is 10.2. The number of rotatable bonds is 5. The lowest BCUT2D eigenvalue weighted by molar-refractivity contribution is 0.163. The number of hydrogen-bond acceptors (Lipinski definition) is 4. The summed E-state index contributed by atoms with van der Waals surface area (Å²) in [6.07, 6.45) is 0. The van der Waals surface area contributed by atoms with Crippen molar-refractivity contribution >= 4 is 27.9 Å². The first-order valence-corrected chi connectivity index (χ1v) is 8.77. The summed E-state index contributed by atoms with van der Waals surface area (Å²) >= 11 is 0. The Morgan fingerprint density at radius 2 is 1.05 bits per heavy atom. The third-order valence-corrected chi connectivity index (χ3v) is 5.02. The van der Waals surface area contributed by atoms with Crippen LogP contribution in [-0.4, -0.2) is 30.9 Å². The second-order valence-electron chi connectivity index (χ2n) is 3.83. The SMILES string of the molecule is CO[Si](OC)OC.O=[P+](c1ccccc1)c1ccccc1. The quantitative estimate of drug-likeness (QED) is 0.626. The molecule has 0 bridgehead atoms. The van der Waals surface area contributed by atoms with E-state index in [9.17, 15) is 4.57 Å². The Kier molecular flexibility index (Phi) is 8.74. The first-order valence-electron chi connectivity index (χ1n) is 6.29. The maximum absolute atomic E-state index is 12.0. The summed E-state index contributed by atoms with van der Waals surface area (Å²) in [7, 11) is 1.89. The average molecular weight is 322 g/mol. The molecule has 0 aliphatic carbocycles. The molecule has 0 amide bonds. The smallest absolute Gasteiger partial charge is 0.375 e. The highest BCUT2D eigenvalue weighted by molar-refractivity contribution is 7.61. The zero-order chi connectivity index (χ0) is 15.5. The molecule has 2 aromatic carbocycles. The largest absolute Gasteiger partial charge is 0.576 e. The van der Waals surface area contributed by atoms with Gasteiger partial charge >= 0.3 is 17.3 Å². The van der Waals surface area contributed by atoms with Gasteiger partial charge in [-0.15, -0.1) is 0 Å². The second-order valence-corrected chi connectivity index (χ2v) is 7.17. The lowest BCUT2D eigenvalue weighted by atomic mass is 10.4. The van der Waals surface area contributed by atoms with Gasteiger partial charge in [-0.2, -0.15) is 0 Å². The molecule has 2 aromatic rings. The van der Waals surface area contributed by atoms with Crippen molar-refractivity contribution in [2.24, 2.45) is 0 Å². The van der Waals surface area contributed by atoms with Crippen LogP contribution in [0.5, 0.6) is 0 Å². The van der Waals surface area contributed by atoms with E-state index in [1.807, 2.05) is 60.7 Å². The predicted octanol–water partition coefficient (Wildman–Crippen LogP) is 2.38. The minimum Gasteiger partial charge on any atom is -0.375 e. The van der Waals surface area contributed by atoms with Crippen LogP contribution in [0.3, 0.4) is 0 Å². The molecule has 0 unspecified atom stereocenters. The molecule has 1 radical (unpaired) electrons. The monoisotopic (exact) mass is 322 g/mol. The van der Waals surface area contributed by atoms with Gasteiger partial charge in [-0.05, 0) is 24.3 Å². The Bertz CT molecular complexity index is 471. The molecular formula is C15H19O4PSi+. The second kappa shape index (κ2) is 10.4. The van der Waals surface area contributed by atoms with Crippen molar-refractivity contribution in [3.05, 3.63) is 60.7 Å². The number of benzene rings is 2. The first kappa shape index (κ1) is 17.7. The van der Waals surface area contributed by atoms with Crippen LogP contribution in [0.1, 0.15) is 0 Å². The molecule has 4 nitrogen and oxygen atoms in total. The fourth-order valence-electron chi connectivity index (χ4n) is 1.53. The van der Waals surface area contributed by atoms with E-state index in [1.54, 1.807) is 21.3 Å². The van der Waals surface area contributed by atoms with E-state index in [0.717, 1.165) is 10.6 Å². The van der Waals surface area contributed by atoms with Crippen LogP contribution in [0, 0.1) is 0 Å². The Hall–Kier alpha value is -1.36. The van der Waals surface area contributed by atoms with Crippen molar-refractivity contribution in [2.75, 3.05) is 21.3 Å². The van der Waals surface area contributed by atoms with E-state index in [1.165, 1.54) is 0 Å². The molecule has 0 aliphatic heterocycles. The summed E-state index contributed by atoms with van der Waals surface area (Å²) in [6, 6.07) is 19.1. The van der Waals surface area contributed by atoms with Crippen LogP contribution in [0.15, 0.2) is 60.7 Å². The zero-order valence-corrected chi connectivity index (χ0v) is 14.2. The molecule has 0 saturated carbocycles. The summed E-state index contributed by atoms with van der Waals surface area (Å²) in [6.45, 7) is 0. The lowest BCUT2D eigenvalue weighted by Gasteiger charge is -2.02. The molecule has 0 spiro atoms. The molecule has 6 heteroatoms. The summed E-state index contributed by atoms with van der Waals surface area (Å²) < 4.78 is 26.1. The average Bonchev–Trinajstić information content (AvgIpc) is 2.58. The molecule has 21 heavy (non-hydrogen) atoms. The van der Waals surface area contributed by atoms with Gasteiger partial charge in [0.15, 0.2) is 10.6 Å². The molecule has 0 N–H and O–H groups in total. The third-order valence-electron chi connectivity index (χ3n) is 2.48. The van der Waals surface area contributed by atoms with Crippen molar-refractivity contribution < 1.29 is 17.8 Å². The van der Waals surface area contributed by atoms with E-state index < -0.39 is 17.3 Å². The van der Waals surface area contributed by atoms with E-state index in [4.69, 9.17) is 13.3 Å². The van der Waals surface area contributed by atoms with Crippen LogP contribution in [0.4, 0.5) is 0 Å². The fraction of sp³-hybridized carbons (Fsp3) is 0.200. The van der Waals surface area contributed by atoms with Crippen LogP contribution in [0.2, 0.25) is 0 Å². The Morgan fingerprint density at radius 1 is 0.714 bits per heavy atom. The van der Waals surface area contributed by atoms with Crippen molar-refractivity contribution in [3.8, 4) is 0 Å². The van der Waals surface area contributed by atoms with Gasteiger partial charge in [-0.1, -0.05) is 41.0 Å². The van der Waals surface area contributed by atoms with Gasteiger partial charge in [-0.25, -0.2) is 0 Å². The lowest BCUT2D eigenvalue weighted by Crippen LogP contribution is -2.21. The van der Waals surface area contributed by atoms with Gasteiger partial charge in [0.1, 0.15) is 0 Å². The van der Waals surface area contributed by atoms with Crippen molar-refractivity contribution in [1.29, 1.82) is 0 Å². The summed E-state index contributed by atoms with van der Waals surface area (Å²) in [5.41, 5.74) is 0. The van der Waals surface area contributed by atoms with Crippen molar-refractivity contribution in [2.45, 2.75) is 0 Å². The Morgan fingerprint density at radius 3 is 1.29 bits per heavy atom. The van der Waals surface area contributed by atoms with Gasteiger partial charge < -0.3 is 13.3 Å². The fourth-order valence-corrected chi connectivity index (χ4v) is 3.21. The standard InChI is InChI=1S/C12H10OP.C3H9O3Si/c13-14(11-7-3-1-4-8-11)12-9-5-2-6-10-12;1-4-7(5-2)6-3/h1-10H;1-3H3/q+1;. The molecule has 2 rings (SSSR count). The summed E-state index contributed by atoms with van der Waals surface area (Å²) in [5, 5.41) is 1.77. The van der Waals surface area contributed by atoms with Gasteiger partial charge in [0.05, 0.1) is 0 Å². The van der Waals surface area contributed by atoms with Crippen LogP contribution >= 0.6 is 7.80 Å².